The molecule has 4 nitrogen and oxygen atoms in total. The van der Waals surface area contributed by atoms with E-state index < -0.39 is 0 Å². The molecule has 2 aromatic heterocycles. The summed E-state index contributed by atoms with van der Waals surface area (Å²) in [6.45, 7) is 4.99. The maximum atomic E-state index is 4.50. The van der Waals surface area contributed by atoms with Crippen LogP contribution in [0.1, 0.15) is 17.0 Å². The topological polar surface area (TPSA) is 53.6 Å². The highest BCUT2D eigenvalue weighted by Gasteiger charge is 2.04. The number of hydrogen-bond donors (Lipinski definition) is 2. The summed E-state index contributed by atoms with van der Waals surface area (Å²) < 4.78 is 0. The number of H-pyrrole nitrogens is 1. The largest absolute Gasteiger partial charge is 0.384 e. The number of nitrogens with one attached hydrogen (secondary N) is 2. The van der Waals surface area contributed by atoms with Crippen molar-refractivity contribution in [3.8, 4) is 0 Å². The number of para-hydroxylation sites is 1. The van der Waals surface area contributed by atoms with Crippen molar-refractivity contribution in [3.63, 3.8) is 0 Å². The molecule has 0 radical (unpaired) electrons. The third kappa shape index (κ3) is 2.64. The van der Waals surface area contributed by atoms with E-state index in [-0.39, 0.29) is 0 Å². The van der Waals surface area contributed by atoms with Crippen LogP contribution in [-0.4, -0.2) is 21.5 Å². The predicted molar refractivity (Wildman–Crippen MR) is 82.0 cm³/mol. The van der Waals surface area contributed by atoms with Gasteiger partial charge in [-0.05, 0) is 37.1 Å². The number of aromatic amines is 1. The van der Waals surface area contributed by atoms with Gasteiger partial charge in [0.2, 0.25) is 0 Å². The molecular formula is C16H18N4. The van der Waals surface area contributed by atoms with Crippen LogP contribution in [0.4, 0.5) is 5.69 Å². The molecule has 0 amide bonds. The fourth-order valence-corrected chi connectivity index (χ4v) is 2.26. The number of anilines is 1. The van der Waals surface area contributed by atoms with E-state index in [9.17, 15) is 0 Å². The molecule has 0 aliphatic carbocycles. The second-order valence-corrected chi connectivity index (χ2v) is 5.06. The molecule has 4 heteroatoms. The zero-order chi connectivity index (χ0) is 13.9. The predicted octanol–water partition coefficient (Wildman–Crippen LogP) is 3.23. The maximum absolute atomic E-state index is 4.50. The average Bonchev–Trinajstić information content (AvgIpc) is 2.83. The first-order valence-corrected chi connectivity index (χ1v) is 6.83. The van der Waals surface area contributed by atoms with Crippen LogP contribution in [-0.2, 0) is 6.42 Å². The van der Waals surface area contributed by atoms with Crippen LogP contribution in [0.25, 0.3) is 11.2 Å². The summed E-state index contributed by atoms with van der Waals surface area (Å²) in [6, 6.07) is 10.4. The average molecular weight is 266 g/mol. The third-order valence-corrected chi connectivity index (χ3v) is 3.35. The first kappa shape index (κ1) is 12.7. The highest BCUT2D eigenvalue weighted by atomic mass is 15.0. The van der Waals surface area contributed by atoms with E-state index in [1.807, 2.05) is 25.3 Å². The normalized spacial score (nSPS) is 10.9. The minimum absolute atomic E-state index is 0.793. The Bertz CT molecular complexity index is 730. The number of aromatic nitrogens is 3. The van der Waals surface area contributed by atoms with Gasteiger partial charge in [0.25, 0.3) is 0 Å². The lowest BCUT2D eigenvalue weighted by Crippen LogP contribution is -2.06. The van der Waals surface area contributed by atoms with Gasteiger partial charge < -0.3 is 10.3 Å². The third-order valence-electron chi connectivity index (χ3n) is 3.35. The Hall–Kier alpha value is -2.36. The Morgan fingerprint density at radius 2 is 2.05 bits per heavy atom. The number of aryl methyl sites for hydroxylation is 2. The minimum Gasteiger partial charge on any atom is -0.384 e. The Morgan fingerprint density at radius 3 is 2.90 bits per heavy atom. The van der Waals surface area contributed by atoms with Crippen molar-refractivity contribution < 1.29 is 0 Å². The molecule has 20 heavy (non-hydrogen) atoms. The van der Waals surface area contributed by atoms with Crippen LogP contribution in [0, 0.1) is 13.8 Å². The van der Waals surface area contributed by atoms with E-state index >= 15 is 0 Å². The van der Waals surface area contributed by atoms with Gasteiger partial charge in [-0.3, -0.25) is 0 Å². The summed E-state index contributed by atoms with van der Waals surface area (Å²) in [4.78, 5) is 12.1. The molecule has 1 aromatic carbocycles. The molecule has 0 aliphatic rings. The van der Waals surface area contributed by atoms with E-state index in [0.29, 0.717) is 0 Å². The summed E-state index contributed by atoms with van der Waals surface area (Å²) >= 11 is 0. The highest BCUT2D eigenvalue weighted by Crippen LogP contribution is 2.14. The summed E-state index contributed by atoms with van der Waals surface area (Å²) in [5.41, 5.74) is 5.38. The molecule has 0 unspecified atom stereocenters. The fourth-order valence-electron chi connectivity index (χ4n) is 2.26. The van der Waals surface area contributed by atoms with Gasteiger partial charge in [0.1, 0.15) is 5.82 Å². The lowest BCUT2D eigenvalue weighted by Gasteiger charge is -2.07. The van der Waals surface area contributed by atoms with Crippen LogP contribution in [0.15, 0.2) is 36.5 Å². The number of nitrogens with zero attached hydrogens (tertiary/aromatic N) is 2. The van der Waals surface area contributed by atoms with Crippen LogP contribution in [0.5, 0.6) is 0 Å². The van der Waals surface area contributed by atoms with Gasteiger partial charge in [-0.2, -0.15) is 0 Å². The Balaban J connectivity index is 1.67. The van der Waals surface area contributed by atoms with Crippen LogP contribution >= 0.6 is 0 Å². The summed E-state index contributed by atoms with van der Waals surface area (Å²) in [5, 5.41) is 3.44. The number of rotatable bonds is 4. The number of hydrogen-bond acceptors (Lipinski definition) is 3. The zero-order valence-corrected chi connectivity index (χ0v) is 11.8. The summed E-state index contributed by atoms with van der Waals surface area (Å²) in [7, 11) is 0. The number of pyridine rings is 1. The number of imidazole rings is 1. The van der Waals surface area contributed by atoms with Crippen molar-refractivity contribution in [2.45, 2.75) is 20.3 Å². The summed E-state index contributed by atoms with van der Waals surface area (Å²) in [6.07, 6.45) is 2.70. The van der Waals surface area contributed by atoms with E-state index in [2.05, 4.69) is 45.4 Å². The van der Waals surface area contributed by atoms with Crippen LogP contribution in [0.3, 0.4) is 0 Å². The SMILES string of the molecule is Cc1cnc2nc(CCNc3ccccc3C)[nH]c2c1. The first-order valence-electron chi connectivity index (χ1n) is 6.83. The second-order valence-electron chi connectivity index (χ2n) is 5.06. The van der Waals surface area contributed by atoms with Gasteiger partial charge in [0.05, 0.1) is 5.52 Å². The molecule has 3 rings (SSSR count). The molecule has 0 fully saturated rings. The monoisotopic (exact) mass is 266 g/mol. The molecular weight excluding hydrogens is 248 g/mol. The molecule has 3 aromatic rings. The standard InChI is InChI=1S/C16H18N4/c1-11-9-14-16(18-10-11)20-15(19-14)7-8-17-13-6-4-3-5-12(13)2/h3-6,9-10,17H,7-8H2,1-2H3,(H,18,19,20). The minimum atomic E-state index is 0.793. The van der Waals surface area contributed by atoms with Gasteiger partial charge in [-0.15, -0.1) is 0 Å². The molecule has 0 saturated carbocycles. The van der Waals surface area contributed by atoms with Crippen molar-refractivity contribution in [3.05, 3.63) is 53.5 Å². The van der Waals surface area contributed by atoms with Crippen molar-refractivity contribution in [1.82, 2.24) is 15.0 Å². The molecule has 2 N–H and O–H groups in total. The lowest BCUT2D eigenvalue weighted by atomic mass is 10.2. The van der Waals surface area contributed by atoms with Crippen molar-refractivity contribution in [2.24, 2.45) is 0 Å². The lowest BCUT2D eigenvalue weighted by molar-refractivity contribution is 0.932. The van der Waals surface area contributed by atoms with Gasteiger partial charge in [0, 0.05) is 24.8 Å². The Kier molecular flexibility index (Phi) is 3.37. The van der Waals surface area contributed by atoms with Crippen molar-refractivity contribution in [1.29, 1.82) is 0 Å². The molecule has 0 aliphatic heterocycles. The number of benzene rings is 1. The molecule has 0 saturated heterocycles. The fraction of sp³-hybridized carbons (Fsp3) is 0.250. The quantitative estimate of drug-likeness (QED) is 0.762. The molecule has 0 atom stereocenters. The van der Waals surface area contributed by atoms with Gasteiger partial charge >= 0.3 is 0 Å². The van der Waals surface area contributed by atoms with Gasteiger partial charge in [0.15, 0.2) is 5.65 Å². The second kappa shape index (κ2) is 5.33. The van der Waals surface area contributed by atoms with E-state index in [1.54, 1.807) is 0 Å². The summed E-state index contributed by atoms with van der Waals surface area (Å²) in [5.74, 6) is 0.971. The van der Waals surface area contributed by atoms with Crippen molar-refractivity contribution in [2.75, 3.05) is 11.9 Å². The highest BCUT2D eigenvalue weighted by molar-refractivity contribution is 5.70. The molecule has 0 spiro atoms. The van der Waals surface area contributed by atoms with E-state index in [4.69, 9.17) is 0 Å². The van der Waals surface area contributed by atoms with Gasteiger partial charge in [-0.25, -0.2) is 9.97 Å². The molecule has 0 bridgehead atoms. The van der Waals surface area contributed by atoms with Crippen LogP contribution in [0.2, 0.25) is 0 Å². The van der Waals surface area contributed by atoms with Crippen molar-refractivity contribution >= 4 is 16.9 Å². The van der Waals surface area contributed by atoms with Gasteiger partial charge in [-0.1, -0.05) is 18.2 Å². The Labute approximate surface area is 118 Å². The molecule has 2 heterocycles. The zero-order valence-electron chi connectivity index (χ0n) is 11.8. The smallest absolute Gasteiger partial charge is 0.177 e. The number of fused-ring (bicyclic) bond motifs is 1. The van der Waals surface area contributed by atoms with E-state index in [0.717, 1.165) is 35.5 Å². The maximum Gasteiger partial charge on any atom is 0.177 e. The first-order chi connectivity index (χ1) is 9.72. The Morgan fingerprint density at radius 1 is 1.20 bits per heavy atom. The molecule has 102 valence electrons. The van der Waals surface area contributed by atoms with Crippen LogP contribution < -0.4 is 5.32 Å². The van der Waals surface area contributed by atoms with E-state index in [1.165, 1.54) is 11.3 Å².